The Morgan fingerprint density at radius 2 is 2.27 bits per heavy atom. The SMILES string of the molecule is COc1cc(C=CCCCl)ccc1C=O. The van der Waals surface area contributed by atoms with Crippen molar-refractivity contribution in [1.82, 2.24) is 0 Å². The number of methoxy groups -OCH3 is 1. The topological polar surface area (TPSA) is 26.3 Å². The van der Waals surface area contributed by atoms with E-state index < -0.39 is 0 Å². The molecule has 0 aliphatic carbocycles. The summed E-state index contributed by atoms with van der Waals surface area (Å²) in [6.45, 7) is 0. The van der Waals surface area contributed by atoms with Crippen LogP contribution in [0.5, 0.6) is 5.75 Å². The molecule has 0 atom stereocenters. The van der Waals surface area contributed by atoms with E-state index in [0.29, 0.717) is 17.2 Å². The van der Waals surface area contributed by atoms with Gasteiger partial charge in [0, 0.05) is 5.88 Å². The van der Waals surface area contributed by atoms with E-state index in [1.807, 2.05) is 24.3 Å². The van der Waals surface area contributed by atoms with Crippen molar-refractivity contribution >= 4 is 24.0 Å². The van der Waals surface area contributed by atoms with Crippen LogP contribution in [0.3, 0.4) is 0 Å². The molecule has 1 rings (SSSR count). The van der Waals surface area contributed by atoms with Crippen molar-refractivity contribution in [1.29, 1.82) is 0 Å². The largest absolute Gasteiger partial charge is 0.496 e. The minimum atomic E-state index is 0.562. The van der Waals surface area contributed by atoms with Gasteiger partial charge in [0.25, 0.3) is 0 Å². The maximum Gasteiger partial charge on any atom is 0.153 e. The standard InChI is InChI=1S/C12H13ClO2/c1-15-12-8-10(4-2-3-7-13)5-6-11(12)9-14/h2,4-6,8-9H,3,7H2,1H3. The Morgan fingerprint density at radius 3 is 2.87 bits per heavy atom. The van der Waals surface area contributed by atoms with E-state index in [-0.39, 0.29) is 0 Å². The molecule has 2 nitrogen and oxygen atoms in total. The number of aldehydes is 1. The van der Waals surface area contributed by atoms with Crippen molar-refractivity contribution in [3.05, 3.63) is 35.4 Å². The highest BCUT2D eigenvalue weighted by Gasteiger charge is 2.00. The summed E-state index contributed by atoms with van der Waals surface area (Å²) >= 11 is 5.55. The Labute approximate surface area is 94.5 Å². The molecule has 1 aromatic carbocycles. The number of halogens is 1. The van der Waals surface area contributed by atoms with Gasteiger partial charge in [0.2, 0.25) is 0 Å². The van der Waals surface area contributed by atoms with Gasteiger partial charge in [-0.3, -0.25) is 4.79 Å². The van der Waals surface area contributed by atoms with E-state index >= 15 is 0 Å². The predicted molar refractivity (Wildman–Crippen MR) is 62.8 cm³/mol. The lowest BCUT2D eigenvalue weighted by Gasteiger charge is -2.03. The molecule has 0 spiro atoms. The number of hydrogen-bond acceptors (Lipinski definition) is 2. The Balaban J connectivity index is 2.88. The number of rotatable bonds is 5. The van der Waals surface area contributed by atoms with Crippen LogP contribution in [0.25, 0.3) is 6.08 Å². The molecule has 0 fully saturated rings. The van der Waals surface area contributed by atoms with E-state index in [9.17, 15) is 4.79 Å². The van der Waals surface area contributed by atoms with Crippen LogP contribution in [0.15, 0.2) is 24.3 Å². The van der Waals surface area contributed by atoms with Crippen LogP contribution in [0, 0.1) is 0 Å². The van der Waals surface area contributed by atoms with Crippen LogP contribution in [-0.4, -0.2) is 19.3 Å². The van der Waals surface area contributed by atoms with Gasteiger partial charge in [-0.05, 0) is 24.1 Å². The average Bonchev–Trinajstić information content (AvgIpc) is 2.29. The number of carbonyl (C=O) groups is 1. The van der Waals surface area contributed by atoms with Gasteiger partial charge in [-0.15, -0.1) is 11.6 Å². The fourth-order valence-corrected chi connectivity index (χ4v) is 1.34. The van der Waals surface area contributed by atoms with Crippen LogP contribution < -0.4 is 4.74 Å². The number of carbonyl (C=O) groups excluding carboxylic acids is 1. The second-order valence-corrected chi connectivity index (χ2v) is 3.38. The molecule has 0 N–H and O–H groups in total. The summed E-state index contributed by atoms with van der Waals surface area (Å²) in [6, 6.07) is 5.44. The molecule has 0 unspecified atom stereocenters. The smallest absolute Gasteiger partial charge is 0.153 e. The first-order valence-corrected chi connectivity index (χ1v) is 5.21. The molecule has 0 amide bonds. The van der Waals surface area contributed by atoms with Gasteiger partial charge < -0.3 is 4.74 Å². The molecule has 80 valence electrons. The summed E-state index contributed by atoms with van der Waals surface area (Å²) in [5.41, 5.74) is 1.56. The van der Waals surface area contributed by atoms with Crippen molar-refractivity contribution in [3.8, 4) is 5.75 Å². The van der Waals surface area contributed by atoms with Gasteiger partial charge >= 0.3 is 0 Å². The molecule has 0 saturated heterocycles. The first kappa shape index (κ1) is 11.8. The average molecular weight is 225 g/mol. The fourth-order valence-electron chi connectivity index (χ4n) is 1.21. The fraction of sp³-hybridized carbons (Fsp3) is 0.250. The van der Waals surface area contributed by atoms with Crippen LogP contribution in [-0.2, 0) is 0 Å². The molecular formula is C12H13ClO2. The zero-order valence-corrected chi connectivity index (χ0v) is 9.33. The van der Waals surface area contributed by atoms with Gasteiger partial charge in [0.05, 0.1) is 12.7 Å². The molecule has 15 heavy (non-hydrogen) atoms. The lowest BCUT2D eigenvalue weighted by Crippen LogP contribution is -1.90. The maximum absolute atomic E-state index is 10.6. The van der Waals surface area contributed by atoms with Crippen LogP contribution in [0.1, 0.15) is 22.3 Å². The molecule has 0 saturated carbocycles. The summed E-state index contributed by atoms with van der Waals surface area (Å²) in [5, 5.41) is 0. The Hall–Kier alpha value is -1.28. The van der Waals surface area contributed by atoms with Crippen LogP contribution >= 0.6 is 11.6 Å². The van der Waals surface area contributed by atoms with E-state index in [1.165, 1.54) is 0 Å². The molecule has 0 aliphatic rings. The van der Waals surface area contributed by atoms with E-state index in [0.717, 1.165) is 18.3 Å². The lowest BCUT2D eigenvalue weighted by molar-refractivity contribution is 0.112. The Kier molecular flexibility index (Phi) is 4.91. The molecule has 0 heterocycles. The van der Waals surface area contributed by atoms with Crippen molar-refractivity contribution in [2.24, 2.45) is 0 Å². The second-order valence-electron chi connectivity index (χ2n) is 3.00. The quantitative estimate of drug-likeness (QED) is 0.567. The predicted octanol–water partition coefficient (Wildman–Crippen LogP) is 3.15. The minimum absolute atomic E-state index is 0.562. The maximum atomic E-state index is 10.6. The first-order chi connectivity index (χ1) is 7.31. The molecule has 3 heteroatoms. The third-order valence-electron chi connectivity index (χ3n) is 1.97. The van der Waals surface area contributed by atoms with Gasteiger partial charge in [-0.1, -0.05) is 18.2 Å². The normalized spacial score (nSPS) is 10.5. The summed E-state index contributed by atoms with van der Waals surface area (Å²) in [7, 11) is 1.55. The summed E-state index contributed by atoms with van der Waals surface area (Å²) in [6.07, 6.45) is 5.56. The minimum Gasteiger partial charge on any atom is -0.496 e. The number of benzene rings is 1. The van der Waals surface area contributed by atoms with Gasteiger partial charge in [-0.2, -0.15) is 0 Å². The molecular weight excluding hydrogens is 212 g/mol. The highest BCUT2D eigenvalue weighted by molar-refractivity contribution is 6.17. The third kappa shape index (κ3) is 3.40. The highest BCUT2D eigenvalue weighted by atomic mass is 35.5. The monoisotopic (exact) mass is 224 g/mol. The number of hydrogen-bond donors (Lipinski definition) is 0. The summed E-state index contributed by atoms with van der Waals surface area (Å²) < 4.78 is 5.09. The Morgan fingerprint density at radius 1 is 1.47 bits per heavy atom. The number of ether oxygens (including phenoxy) is 1. The van der Waals surface area contributed by atoms with Gasteiger partial charge in [0.15, 0.2) is 6.29 Å². The van der Waals surface area contributed by atoms with Crippen molar-refractivity contribution < 1.29 is 9.53 Å². The zero-order valence-electron chi connectivity index (χ0n) is 8.57. The summed E-state index contributed by atoms with van der Waals surface area (Å²) in [5.74, 6) is 1.21. The van der Waals surface area contributed by atoms with E-state index in [4.69, 9.17) is 16.3 Å². The van der Waals surface area contributed by atoms with Crippen molar-refractivity contribution in [2.45, 2.75) is 6.42 Å². The third-order valence-corrected chi connectivity index (χ3v) is 2.19. The Bertz CT molecular complexity index is 359. The highest BCUT2D eigenvalue weighted by Crippen LogP contribution is 2.19. The second kappa shape index (κ2) is 6.25. The summed E-state index contributed by atoms with van der Waals surface area (Å²) in [4.78, 5) is 10.6. The van der Waals surface area contributed by atoms with Crippen LogP contribution in [0.2, 0.25) is 0 Å². The lowest BCUT2D eigenvalue weighted by atomic mass is 10.1. The number of alkyl halides is 1. The molecule has 0 radical (unpaired) electrons. The van der Waals surface area contributed by atoms with Crippen molar-refractivity contribution in [3.63, 3.8) is 0 Å². The molecule has 1 aromatic rings. The van der Waals surface area contributed by atoms with Crippen LogP contribution in [0.4, 0.5) is 0 Å². The van der Waals surface area contributed by atoms with Gasteiger partial charge in [-0.25, -0.2) is 0 Å². The van der Waals surface area contributed by atoms with E-state index in [1.54, 1.807) is 13.2 Å². The first-order valence-electron chi connectivity index (χ1n) is 4.67. The van der Waals surface area contributed by atoms with E-state index in [2.05, 4.69) is 0 Å². The zero-order chi connectivity index (χ0) is 11.1. The molecule has 0 bridgehead atoms. The molecule has 0 aliphatic heterocycles. The van der Waals surface area contributed by atoms with Gasteiger partial charge in [0.1, 0.15) is 5.75 Å². The number of allylic oxidation sites excluding steroid dienone is 1. The van der Waals surface area contributed by atoms with Crippen molar-refractivity contribution in [2.75, 3.05) is 13.0 Å². The molecule has 0 aromatic heterocycles.